The number of benzene rings is 2. The molecule has 168 valence electrons. The molecule has 0 spiro atoms. The Morgan fingerprint density at radius 1 is 0.935 bits per heavy atom. The summed E-state index contributed by atoms with van der Waals surface area (Å²) in [6.07, 6.45) is -8.30. The smallest absolute Gasteiger partial charge is 0.376 e. The highest BCUT2D eigenvalue weighted by Gasteiger charge is 2.38. The van der Waals surface area contributed by atoms with Crippen LogP contribution >= 0.6 is 0 Å². The van der Waals surface area contributed by atoms with Gasteiger partial charge in [0.05, 0.1) is 24.3 Å². The topological polar surface area (TPSA) is 38.3 Å². The van der Waals surface area contributed by atoms with Gasteiger partial charge in [-0.1, -0.05) is 30.3 Å². The normalized spacial score (nSPS) is 20.3. The largest absolute Gasteiger partial charge is 0.416 e. The average Bonchev–Trinajstić information content (AvgIpc) is 2.89. The van der Waals surface area contributed by atoms with Crippen LogP contribution in [0.3, 0.4) is 0 Å². The van der Waals surface area contributed by atoms with Gasteiger partial charge in [-0.05, 0) is 42.2 Å². The molecule has 0 bridgehead atoms. The van der Waals surface area contributed by atoms with Crippen LogP contribution in [0.2, 0.25) is 0 Å². The molecule has 2 aromatic carbocycles. The number of alkyl halides is 6. The van der Waals surface area contributed by atoms with Gasteiger partial charge in [0.25, 0.3) is 0 Å². The van der Waals surface area contributed by atoms with Crippen molar-refractivity contribution in [2.75, 3.05) is 13.2 Å². The molecule has 1 amide bonds. The molecule has 1 atom stereocenters. The monoisotopic (exact) mass is 445 g/mol. The molecule has 2 aromatic rings. The maximum Gasteiger partial charge on any atom is 0.416 e. The maximum atomic E-state index is 13.1. The van der Waals surface area contributed by atoms with Crippen molar-refractivity contribution in [2.24, 2.45) is 0 Å². The third-order valence-electron chi connectivity index (χ3n) is 5.36. The molecule has 3 nitrogen and oxygen atoms in total. The van der Waals surface area contributed by atoms with E-state index in [2.05, 4.69) is 5.32 Å². The van der Waals surface area contributed by atoms with E-state index in [4.69, 9.17) is 4.74 Å². The standard InChI is InChI=1S/C22H21F6NO2/c23-21(24,25)17-9-15(10-18(11-17)22(26,27)28)12-31-14-20(16-5-2-1-3-6-16)8-4-7-19(30)29-13-20/h1-3,5-6,9-11H,4,7-8,12-14H2,(H,29,30)/t20-/m1/s1. The number of nitrogens with one attached hydrogen (secondary N) is 1. The number of amides is 1. The zero-order chi connectivity index (χ0) is 22.7. The molecule has 0 aromatic heterocycles. The third kappa shape index (κ3) is 5.78. The number of ether oxygens (including phenoxy) is 1. The van der Waals surface area contributed by atoms with Crippen molar-refractivity contribution in [3.8, 4) is 0 Å². The van der Waals surface area contributed by atoms with Crippen molar-refractivity contribution >= 4 is 5.91 Å². The molecule has 0 aliphatic carbocycles. The van der Waals surface area contributed by atoms with Crippen LogP contribution in [0.15, 0.2) is 48.5 Å². The highest BCUT2D eigenvalue weighted by molar-refractivity contribution is 5.76. The van der Waals surface area contributed by atoms with E-state index in [0.29, 0.717) is 31.4 Å². The molecule has 1 saturated heterocycles. The fourth-order valence-corrected chi connectivity index (χ4v) is 3.74. The number of halogens is 6. The molecule has 1 heterocycles. The quantitative estimate of drug-likeness (QED) is 0.619. The Labute approximate surface area is 175 Å². The fraction of sp³-hybridized carbons (Fsp3) is 0.409. The summed E-state index contributed by atoms with van der Waals surface area (Å²) < 4.78 is 84.0. The lowest BCUT2D eigenvalue weighted by molar-refractivity contribution is -0.143. The van der Waals surface area contributed by atoms with Gasteiger partial charge in [0, 0.05) is 18.4 Å². The van der Waals surface area contributed by atoms with E-state index in [9.17, 15) is 31.1 Å². The van der Waals surface area contributed by atoms with Crippen molar-refractivity contribution in [1.82, 2.24) is 5.32 Å². The predicted octanol–water partition coefficient (Wildman–Crippen LogP) is 5.48. The van der Waals surface area contributed by atoms with Gasteiger partial charge in [0.1, 0.15) is 0 Å². The maximum absolute atomic E-state index is 13.1. The van der Waals surface area contributed by atoms with Crippen molar-refractivity contribution in [3.05, 3.63) is 70.8 Å². The van der Waals surface area contributed by atoms with Crippen LogP contribution in [-0.2, 0) is 33.9 Å². The molecule has 1 aliphatic rings. The molecule has 1 N–H and O–H groups in total. The molecule has 31 heavy (non-hydrogen) atoms. The lowest BCUT2D eigenvalue weighted by atomic mass is 9.77. The number of carbonyl (C=O) groups is 1. The van der Waals surface area contributed by atoms with Gasteiger partial charge in [-0.15, -0.1) is 0 Å². The molecule has 3 rings (SSSR count). The first kappa shape index (κ1) is 23.1. The van der Waals surface area contributed by atoms with E-state index < -0.39 is 35.5 Å². The predicted molar refractivity (Wildman–Crippen MR) is 101 cm³/mol. The summed E-state index contributed by atoms with van der Waals surface area (Å²) in [6.45, 7) is -0.114. The summed E-state index contributed by atoms with van der Waals surface area (Å²) in [6, 6.07) is 10.6. The van der Waals surface area contributed by atoms with E-state index in [1.807, 2.05) is 30.3 Å². The number of hydrogen-bond donors (Lipinski definition) is 1. The van der Waals surface area contributed by atoms with Gasteiger partial charge < -0.3 is 10.1 Å². The van der Waals surface area contributed by atoms with Gasteiger partial charge in [-0.2, -0.15) is 26.3 Å². The Kier molecular flexibility index (Phi) is 6.64. The minimum Gasteiger partial charge on any atom is -0.376 e. The number of rotatable bonds is 5. The molecular weight excluding hydrogens is 424 g/mol. The van der Waals surface area contributed by atoms with Crippen LogP contribution in [0.25, 0.3) is 0 Å². The molecule has 0 saturated carbocycles. The van der Waals surface area contributed by atoms with Gasteiger partial charge >= 0.3 is 12.4 Å². The highest BCUT2D eigenvalue weighted by Crippen LogP contribution is 2.37. The van der Waals surface area contributed by atoms with Crippen molar-refractivity contribution in [1.29, 1.82) is 0 Å². The second-order valence-corrected chi connectivity index (χ2v) is 7.68. The lowest BCUT2D eigenvalue weighted by Gasteiger charge is -2.33. The van der Waals surface area contributed by atoms with Crippen molar-refractivity contribution < 1.29 is 35.9 Å². The molecular formula is C22H21F6NO2. The Morgan fingerprint density at radius 2 is 1.55 bits per heavy atom. The van der Waals surface area contributed by atoms with Crippen molar-refractivity contribution in [2.45, 2.75) is 43.6 Å². The molecule has 9 heteroatoms. The second kappa shape index (κ2) is 8.90. The van der Waals surface area contributed by atoms with Crippen LogP contribution in [0.5, 0.6) is 0 Å². The first-order valence-corrected chi connectivity index (χ1v) is 9.68. The van der Waals surface area contributed by atoms with Gasteiger partial charge in [-0.25, -0.2) is 0 Å². The van der Waals surface area contributed by atoms with Crippen LogP contribution in [0.1, 0.15) is 41.5 Å². The summed E-state index contributed by atoms with van der Waals surface area (Å²) >= 11 is 0. The Balaban J connectivity index is 1.83. The van der Waals surface area contributed by atoms with Gasteiger partial charge in [0.15, 0.2) is 0 Å². The van der Waals surface area contributed by atoms with E-state index in [1.54, 1.807) is 0 Å². The summed E-state index contributed by atoms with van der Waals surface area (Å²) in [4.78, 5) is 11.8. The molecule has 0 radical (unpaired) electrons. The number of hydrogen-bond acceptors (Lipinski definition) is 2. The van der Waals surface area contributed by atoms with E-state index in [-0.39, 0.29) is 30.7 Å². The van der Waals surface area contributed by atoms with E-state index in [1.165, 1.54) is 0 Å². The van der Waals surface area contributed by atoms with Crippen LogP contribution in [0, 0.1) is 0 Å². The van der Waals surface area contributed by atoms with E-state index >= 15 is 0 Å². The van der Waals surface area contributed by atoms with E-state index in [0.717, 1.165) is 5.56 Å². The summed E-state index contributed by atoms with van der Waals surface area (Å²) in [7, 11) is 0. The molecule has 0 unspecified atom stereocenters. The van der Waals surface area contributed by atoms with Crippen LogP contribution < -0.4 is 5.32 Å². The highest BCUT2D eigenvalue weighted by atomic mass is 19.4. The third-order valence-corrected chi connectivity index (χ3v) is 5.36. The fourth-order valence-electron chi connectivity index (χ4n) is 3.74. The first-order valence-electron chi connectivity index (χ1n) is 9.68. The Morgan fingerprint density at radius 3 is 2.13 bits per heavy atom. The zero-order valence-electron chi connectivity index (χ0n) is 16.4. The van der Waals surface area contributed by atoms with Crippen LogP contribution in [-0.4, -0.2) is 19.1 Å². The molecule has 1 aliphatic heterocycles. The van der Waals surface area contributed by atoms with Crippen LogP contribution in [0.4, 0.5) is 26.3 Å². The Hall–Kier alpha value is -2.55. The van der Waals surface area contributed by atoms with Gasteiger partial charge in [0.2, 0.25) is 5.91 Å². The number of carbonyl (C=O) groups excluding carboxylic acids is 1. The lowest BCUT2D eigenvalue weighted by Crippen LogP contribution is -2.42. The summed E-state index contributed by atoms with van der Waals surface area (Å²) in [5.74, 6) is -0.106. The SMILES string of the molecule is O=C1CCC[C@@](COCc2cc(C(F)(F)F)cc(C(F)(F)F)c2)(c2ccccc2)CN1. The summed E-state index contributed by atoms with van der Waals surface area (Å²) in [5.41, 5.74) is -2.71. The van der Waals surface area contributed by atoms with Gasteiger partial charge in [-0.3, -0.25) is 4.79 Å². The molecule has 1 fully saturated rings. The minimum absolute atomic E-state index is 0.0366. The Bertz CT molecular complexity index is 878. The first-order chi connectivity index (χ1) is 14.5. The average molecular weight is 445 g/mol. The summed E-state index contributed by atoms with van der Waals surface area (Å²) in [5, 5.41) is 2.82. The minimum atomic E-state index is -4.91. The van der Waals surface area contributed by atoms with Crippen molar-refractivity contribution in [3.63, 3.8) is 0 Å². The zero-order valence-corrected chi connectivity index (χ0v) is 16.4. The second-order valence-electron chi connectivity index (χ2n) is 7.68.